The molecule has 10 atom stereocenters. The van der Waals surface area contributed by atoms with Crippen molar-refractivity contribution in [2.24, 2.45) is 0 Å². The summed E-state index contributed by atoms with van der Waals surface area (Å²) in [5, 5.41) is 70.8. The Kier molecular flexibility index (Phi) is 9.93. The number of aliphatic hydroxyl groups excluding tert-OH is 7. The van der Waals surface area contributed by atoms with Gasteiger partial charge in [0.1, 0.15) is 60.3 Å². The number of aliphatic hydroxyl groups is 7. The molecular formula is C24H31O14P. The molecule has 2 aromatic rings. The van der Waals surface area contributed by atoms with Crippen molar-refractivity contribution in [3.8, 4) is 11.5 Å². The summed E-state index contributed by atoms with van der Waals surface area (Å²) in [7, 11) is -4.41. The molecule has 216 valence electrons. The van der Waals surface area contributed by atoms with Crippen LogP contribution in [0.2, 0.25) is 0 Å². The van der Waals surface area contributed by atoms with Crippen LogP contribution in [0.1, 0.15) is 0 Å². The van der Waals surface area contributed by atoms with Crippen LogP contribution in [0.25, 0.3) is 0 Å². The van der Waals surface area contributed by atoms with E-state index in [9.17, 15) is 40.3 Å². The lowest BCUT2D eigenvalue weighted by Gasteiger charge is -2.44. The molecule has 7 N–H and O–H groups in total. The molecule has 2 aliphatic rings. The maximum Gasteiger partial charge on any atom is 0.587 e. The number of ether oxygens (including phenoxy) is 3. The number of benzene rings is 2. The Hall–Kier alpha value is -2.17. The molecule has 15 heteroatoms. The van der Waals surface area contributed by atoms with Gasteiger partial charge >= 0.3 is 7.82 Å². The van der Waals surface area contributed by atoms with Crippen LogP contribution in [0.3, 0.4) is 0 Å². The Balaban J connectivity index is 1.47. The molecule has 0 aliphatic carbocycles. The Morgan fingerprint density at radius 3 is 1.54 bits per heavy atom. The predicted molar refractivity (Wildman–Crippen MR) is 129 cm³/mol. The quantitative estimate of drug-likeness (QED) is 0.168. The van der Waals surface area contributed by atoms with Gasteiger partial charge in [-0.3, -0.25) is 4.52 Å². The highest BCUT2D eigenvalue weighted by molar-refractivity contribution is 7.49. The van der Waals surface area contributed by atoms with Crippen molar-refractivity contribution in [2.45, 2.75) is 61.4 Å². The second-order valence-electron chi connectivity index (χ2n) is 8.90. The molecule has 0 bridgehead atoms. The first-order valence-corrected chi connectivity index (χ1v) is 13.5. The summed E-state index contributed by atoms with van der Waals surface area (Å²) in [4.78, 5) is 0. The van der Waals surface area contributed by atoms with Gasteiger partial charge in [-0.15, -0.1) is 0 Å². The number of hydrogen-bond acceptors (Lipinski definition) is 14. The molecule has 2 heterocycles. The highest BCUT2D eigenvalue weighted by Gasteiger charge is 2.50. The monoisotopic (exact) mass is 574 g/mol. The fourth-order valence-corrected chi connectivity index (χ4v) is 5.17. The Morgan fingerprint density at radius 2 is 1.08 bits per heavy atom. The topological polar surface area (TPSA) is 214 Å². The van der Waals surface area contributed by atoms with E-state index in [-0.39, 0.29) is 11.5 Å². The van der Waals surface area contributed by atoms with E-state index < -0.39 is 82.4 Å². The third-order valence-corrected chi connectivity index (χ3v) is 7.44. The van der Waals surface area contributed by atoms with Crippen LogP contribution in [0.15, 0.2) is 60.7 Å². The van der Waals surface area contributed by atoms with Gasteiger partial charge in [-0.1, -0.05) is 36.4 Å². The molecule has 0 saturated carbocycles. The van der Waals surface area contributed by atoms with E-state index in [4.69, 9.17) is 27.8 Å². The van der Waals surface area contributed by atoms with Crippen LogP contribution in [0.5, 0.6) is 11.5 Å². The zero-order chi connectivity index (χ0) is 28.2. The number of hydrogen-bond donors (Lipinski definition) is 7. The Bertz CT molecular complexity index is 1030. The minimum absolute atomic E-state index is 0.154. The second kappa shape index (κ2) is 13.0. The first-order chi connectivity index (χ1) is 18.6. The fourth-order valence-electron chi connectivity index (χ4n) is 3.94. The van der Waals surface area contributed by atoms with Gasteiger partial charge in [-0.25, -0.2) is 4.57 Å². The molecule has 6 unspecified atom stereocenters. The van der Waals surface area contributed by atoms with Gasteiger partial charge in [0.05, 0.1) is 13.2 Å². The normalized spacial score (nSPS) is 35.4. The molecule has 2 fully saturated rings. The summed E-state index contributed by atoms with van der Waals surface area (Å²) in [5.41, 5.74) is 0. The van der Waals surface area contributed by atoms with E-state index in [1.54, 1.807) is 36.4 Å². The average Bonchev–Trinajstić information content (AvgIpc) is 2.93. The predicted octanol–water partition coefficient (Wildman–Crippen LogP) is -1.11. The number of para-hydroxylation sites is 2. The van der Waals surface area contributed by atoms with Crippen LogP contribution in [0, 0.1) is 0 Å². The number of phosphoric ester groups is 1. The number of rotatable bonds is 10. The zero-order valence-electron chi connectivity index (χ0n) is 20.4. The van der Waals surface area contributed by atoms with Gasteiger partial charge in [0.15, 0.2) is 12.6 Å². The van der Waals surface area contributed by atoms with Crippen LogP contribution in [-0.2, 0) is 23.3 Å². The lowest BCUT2D eigenvalue weighted by Crippen LogP contribution is -2.63. The van der Waals surface area contributed by atoms with Gasteiger partial charge in [0, 0.05) is 0 Å². The third-order valence-electron chi connectivity index (χ3n) is 6.10. The molecular weight excluding hydrogens is 543 g/mol. The van der Waals surface area contributed by atoms with Crippen molar-refractivity contribution in [1.29, 1.82) is 0 Å². The molecule has 0 amide bonds. The van der Waals surface area contributed by atoms with Crippen molar-refractivity contribution in [2.75, 3.05) is 13.2 Å². The molecule has 0 radical (unpaired) electrons. The van der Waals surface area contributed by atoms with E-state index in [0.717, 1.165) is 0 Å². The Morgan fingerprint density at radius 1 is 0.641 bits per heavy atom. The second-order valence-corrected chi connectivity index (χ2v) is 10.4. The molecule has 2 aromatic carbocycles. The van der Waals surface area contributed by atoms with E-state index in [1.807, 2.05) is 0 Å². The number of phosphoric acid groups is 1. The first-order valence-electron chi connectivity index (χ1n) is 12.0. The molecule has 39 heavy (non-hydrogen) atoms. The summed E-state index contributed by atoms with van der Waals surface area (Å²) in [6, 6.07) is 16.0. The molecule has 0 spiro atoms. The first kappa shape index (κ1) is 29.8. The van der Waals surface area contributed by atoms with Crippen LogP contribution in [-0.4, -0.2) is 110 Å². The summed E-state index contributed by atoms with van der Waals surface area (Å²) >= 11 is 0. The third kappa shape index (κ3) is 7.13. The van der Waals surface area contributed by atoms with Crippen LogP contribution >= 0.6 is 7.82 Å². The molecule has 0 aromatic heterocycles. The lowest BCUT2D eigenvalue weighted by molar-refractivity contribution is -0.376. The fraction of sp³-hybridized carbons (Fsp3) is 0.500. The van der Waals surface area contributed by atoms with Gasteiger partial charge in [-0.2, -0.15) is 0 Å². The molecule has 2 aliphatic heterocycles. The van der Waals surface area contributed by atoms with Crippen molar-refractivity contribution in [3.63, 3.8) is 0 Å². The van der Waals surface area contributed by atoms with Gasteiger partial charge < -0.3 is 59.0 Å². The van der Waals surface area contributed by atoms with E-state index in [1.165, 1.54) is 24.3 Å². The minimum Gasteiger partial charge on any atom is -0.395 e. The summed E-state index contributed by atoms with van der Waals surface area (Å²) < 4.78 is 46.1. The van der Waals surface area contributed by atoms with Crippen LogP contribution in [0.4, 0.5) is 0 Å². The van der Waals surface area contributed by atoms with Crippen molar-refractivity contribution < 1.29 is 68.1 Å². The van der Waals surface area contributed by atoms with Crippen molar-refractivity contribution in [1.82, 2.24) is 0 Å². The molecule has 2 saturated heterocycles. The highest BCUT2D eigenvalue weighted by atomic mass is 31.2. The summed E-state index contributed by atoms with van der Waals surface area (Å²) in [5.74, 6) is 0.308. The lowest BCUT2D eigenvalue weighted by atomic mass is 9.98. The van der Waals surface area contributed by atoms with Crippen molar-refractivity contribution >= 4 is 7.82 Å². The maximum absolute atomic E-state index is 13.5. The van der Waals surface area contributed by atoms with Gasteiger partial charge in [-0.05, 0) is 24.3 Å². The Labute approximate surface area is 223 Å². The largest absolute Gasteiger partial charge is 0.587 e. The standard InChI is InChI=1S/C24H31O14P/c25-11-15-17(26)19(28)21(30)23(34-15)36-24-22(31)20(29)18(27)16(35-24)12-33-39(32,37-13-7-3-1-4-8-13)38-14-9-5-2-6-10-14/h1-10,15-31H,11-12H2/t15?,16?,17-,18-,19?,20?,21?,22?,23-,24-/m1/s1. The van der Waals surface area contributed by atoms with Gasteiger partial charge in [0.25, 0.3) is 0 Å². The minimum atomic E-state index is -4.41. The smallest absolute Gasteiger partial charge is 0.395 e. The average molecular weight is 574 g/mol. The maximum atomic E-state index is 13.5. The summed E-state index contributed by atoms with van der Waals surface area (Å²) in [6.07, 6.45) is -17.0. The van der Waals surface area contributed by atoms with E-state index in [0.29, 0.717) is 0 Å². The molecule has 4 rings (SSSR count). The summed E-state index contributed by atoms with van der Waals surface area (Å²) in [6.45, 7) is -1.41. The van der Waals surface area contributed by atoms with E-state index >= 15 is 0 Å². The van der Waals surface area contributed by atoms with Crippen molar-refractivity contribution in [3.05, 3.63) is 60.7 Å². The van der Waals surface area contributed by atoms with Crippen LogP contribution < -0.4 is 9.05 Å². The zero-order valence-corrected chi connectivity index (χ0v) is 21.3. The highest BCUT2D eigenvalue weighted by Crippen LogP contribution is 2.50. The SMILES string of the molecule is O=P(OCC1O[C@H](O[C@H]2OC(CO)[C@@H](O)C(O)C2O)C(O)C(O)[C@@H]1O)(Oc1ccccc1)Oc1ccccc1. The molecule has 14 nitrogen and oxygen atoms in total. The van der Waals surface area contributed by atoms with Gasteiger partial charge in [0.2, 0.25) is 0 Å². The van der Waals surface area contributed by atoms with E-state index in [2.05, 4.69) is 0 Å².